The van der Waals surface area contributed by atoms with E-state index in [1.54, 1.807) is 71.8 Å². The Bertz CT molecular complexity index is 1230. The van der Waals surface area contributed by atoms with E-state index in [0.29, 0.717) is 12.7 Å². The number of likely N-dealkylation sites (N-methyl/N-ethyl adjacent to an activating group) is 1. The minimum absolute atomic E-state index is 0.0298. The van der Waals surface area contributed by atoms with E-state index in [9.17, 15) is 34.8 Å². The van der Waals surface area contributed by atoms with Gasteiger partial charge in [0.25, 0.3) is 0 Å². The molecule has 0 aromatic rings. The monoisotopic (exact) mass is 757 g/mol. The molecule has 304 valence electrons. The topological polar surface area (TPSA) is 200 Å². The number of nitrogens with zero attached hydrogens (tertiary/aromatic N) is 1. The molecular weight excluding hydrogens is 694 g/mol. The number of esters is 2. The second kappa shape index (κ2) is 20.6. The van der Waals surface area contributed by atoms with Gasteiger partial charge in [0, 0.05) is 32.8 Å². The predicted molar refractivity (Wildman–Crippen MR) is 191 cm³/mol. The van der Waals surface area contributed by atoms with Crippen molar-refractivity contribution in [2.75, 3.05) is 21.2 Å². The molecule has 3 aliphatic heterocycles. The molecule has 0 amide bonds. The fourth-order valence-corrected chi connectivity index (χ4v) is 7.48. The van der Waals surface area contributed by atoms with Gasteiger partial charge in [-0.2, -0.15) is 0 Å². The summed E-state index contributed by atoms with van der Waals surface area (Å²) in [6, 6.07) is -0.750. The van der Waals surface area contributed by atoms with Gasteiger partial charge in [0.15, 0.2) is 18.7 Å². The molecule has 0 aromatic carbocycles. The summed E-state index contributed by atoms with van der Waals surface area (Å²) in [6.45, 7) is 10.2. The van der Waals surface area contributed by atoms with Crippen molar-refractivity contribution in [3.8, 4) is 0 Å². The third-order valence-electron chi connectivity index (χ3n) is 10.3. The van der Waals surface area contributed by atoms with Gasteiger partial charge in [0.1, 0.15) is 36.3 Å². The number of aldehydes is 1. The predicted octanol–water partition coefficient (Wildman–Crippen LogP) is 1.81. The first-order chi connectivity index (χ1) is 24.9. The molecule has 4 N–H and O–H groups in total. The van der Waals surface area contributed by atoms with Gasteiger partial charge in [-0.25, -0.2) is 0 Å². The zero-order chi connectivity index (χ0) is 39.6. The Morgan fingerprint density at radius 3 is 2.34 bits per heavy atom. The number of aliphatic hydroxyl groups is 4. The lowest BCUT2D eigenvalue weighted by Crippen LogP contribution is -2.66. The quantitative estimate of drug-likeness (QED) is 0.186. The van der Waals surface area contributed by atoms with E-state index in [1.165, 1.54) is 7.11 Å². The van der Waals surface area contributed by atoms with Crippen LogP contribution in [0.2, 0.25) is 0 Å². The van der Waals surface area contributed by atoms with E-state index in [-0.39, 0.29) is 31.6 Å². The SMILES string of the molecule is CCC(=O)OC1C(C)OC(OC2C(C)OC(O[C@H]3[C@@H](CC=O)C[C@@H](C)[C@@H](O)/C=C/C=C/C[C@@H](C)OC(=O)C[C@@H](O)[C@@H]3OC)C(O)C2N(C)C)CC1(C)O. The molecule has 0 aromatic heterocycles. The second-order valence-corrected chi connectivity index (χ2v) is 15.1. The first kappa shape index (κ1) is 45.1. The molecule has 15 nitrogen and oxygen atoms in total. The Balaban J connectivity index is 1.92. The number of carbonyl (C=O) groups excluding carboxylic acids is 3. The molecule has 2 fully saturated rings. The minimum atomic E-state index is -1.47. The van der Waals surface area contributed by atoms with E-state index in [4.69, 9.17) is 33.2 Å². The zero-order valence-corrected chi connectivity index (χ0v) is 32.6. The summed E-state index contributed by atoms with van der Waals surface area (Å²) in [4.78, 5) is 38.8. The van der Waals surface area contributed by atoms with Crippen LogP contribution in [0.3, 0.4) is 0 Å². The van der Waals surface area contributed by atoms with E-state index in [0.717, 1.165) is 0 Å². The van der Waals surface area contributed by atoms with Gasteiger partial charge in [-0.05, 0) is 60.0 Å². The van der Waals surface area contributed by atoms with Crippen molar-refractivity contribution in [1.29, 1.82) is 0 Å². The molecule has 3 rings (SSSR count). The number of hydrogen-bond donors (Lipinski definition) is 4. The smallest absolute Gasteiger partial charge is 0.308 e. The Labute approximate surface area is 313 Å². The largest absolute Gasteiger partial charge is 0.462 e. The van der Waals surface area contributed by atoms with Crippen molar-refractivity contribution in [3.63, 3.8) is 0 Å². The normalized spacial score (nSPS) is 43.4. The first-order valence-corrected chi connectivity index (χ1v) is 18.7. The highest BCUT2D eigenvalue weighted by Gasteiger charge is 2.52. The molecule has 3 heterocycles. The summed E-state index contributed by atoms with van der Waals surface area (Å²) in [5.74, 6) is -2.14. The summed E-state index contributed by atoms with van der Waals surface area (Å²) in [7, 11) is 4.85. The molecule has 0 aliphatic carbocycles. The van der Waals surface area contributed by atoms with Gasteiger partial charge < -0.3 is 63.3 Å². The van der Waals surface area contributed by atoms with Crippen LogP contribution >= 0.6 is 0 Å². The lowest BCUT2D eigenvalue weighted by molar-refractivity contribution is -0.344. The molecule has 0 bridgehead atoms. The van der Waals surface area contributed by atoms with Crippen LogP contribution in [0.25, 0.3) is 0 Å². The summed E-state index contributed by atoms with van der Waals surface area (Å²) in [5.41, 5.74) is -1.47. The lowest BCUT2D eigenvalue weighted by atomic mass is 9.82. The van der Waals surface area contributed by atoms with Crippen LogP contribution in [0.5, 0.6) is 0 Å². The summed E-state index contributed by atoms with van der Waals surface area (Å²) in [5, 5.41) is 45.5. The van der Waals surface area contributed by atoms with Gasteiger partial charge >= 0.3 is 11.9 Å². The Hall–Kier alpha value is -2.31. The Morgan fingerprint density at radius 2 is 1.74 bits per heavy atom. The molecule has 0 radical (unpaired) electrons. The van der Waals surface area contributed by atoms with Gasteiger partial charge in [0.2, 0.25) is 0 Å². The van der Waals surface area contributed by atoms with Crippen molar-refractivity contribution < 1.29 is 68.0 Å². The fraction of sp³-hybridized carbons (Fsp3) is 0.816. The Kier molecular flexibility index (Phi) is 17.5. The maximum Gasteiger partial charge on any atom is 0.308 e. The second-order valence-electron chi connectivity index (χ2n) is 15.1. The molecule has 0 spiro atoms. The van der Waals surface area contributed by atoms with Crippen molar-refractivity contribution in [2.45, 2.75) is 165 Å². The van der Waals surface area contributed by atoms with Crippen LogP contribution < -0.4 is 0 Å². The molecule has 53 heavy (non-hydrogen) atoms. The number of rotatable bonds is 10. The number of allylic oxidation sites excluding steroid dienone is 2. The van der Waals surface area contributed by atoms with Crippen molar-refractivity contribution in [1.82, 2.24) is 4.90 Å². The number of aliphatic hydroxyl groups excluding tert-OH is 3. The highest BCUT2D eigenvalue weighted by Crippen LogP contribution is 2.37. The van der Waals surface area contributed by atoms with E-state index in [2.05, 4.69) is 0 Å². The van der Waals surface area contributed by atoms with Crippen LogP contribution in [0.1, 0.15) is 80.1 Å². The number of methoxy groups -OCH3 is 1. The zero-order valence-electron chi connectivity index (χ0n) is 32.6. The average molecular weight is 758 g/mol. The molecular formula is C38H63NO14. The molecule has 2 saturated heterocycles. The van der Waals surface area contributed by atoms with Crippen molar-refractivity contribution >= 4 is 18.2 Å². The molecule has 3 aliphatic rings. The first-order valence-electron chi connectivity index (χ1n) is 18.7. The molecule has 15 heteroatoms. The number of hydrogen-bond acceptors (Lipinski definition) is 15. The Morgan fingerprint density at radius 1 is 1.04 bits per heavy atom. The van der Waals surface area contributed by atoms with Gasteiger partial charge in [-0.1, -0.05) is 38.2 Å². The van der Waals surface area contributed by atoms with Gasteiger partial charge in [-0.15, -0.1) is 0 Å². The molecule has 16 atom stereocenters. The van der Waals surface area contributed by atoms with E-state index >= 15 is 0 Å². The molecule has 0 saturated carbocycles. The summed E-state index contributed by atoms with van der Waals surface area (Å²) >= 11 is 0. The maximum atomic E-state index is 12.9. The van der Waals surface area contributed by atoms with Crippen LogP contribution in [0.4, 0.5) is 0 Å². The average Bonchev–Trinajstić information content (AvgIpc) is 3.06. The molecule has 9 unspecified atom stereocenters. The van der Waals surface area contributed by atoms with Crippen LogP contribution in [-0.4, -0.2) is 150 Å². The standard InChI is InChI=1S/C38H63NO14/c1-10-28(43)51-36-24(5)49-30(20-38(36,6)46)52-33-23(4)50-37(32(45)31(33)39(7)8)53-34-25(16-17-40)18-21(2)26(41)15-13-11-12-14-22(3)48-29(44)19-27(42)35(34)47-9/h11-13,15,17,21-27,30-37,41-42,45-46H,10,14,16,18-20H2,1-9H3/b12-11+,15-13+/t21-,22-,23?,24?,25+,26+,27-,30?,31?,32?,33?,34+,35+,36?,37?,38?/m1/s1. The number of ether oxygens (including phenoxy) is 7. The number of carbonyl (C=O) groups is 3. The highest BCUT2D eigenvalue weighted by atomic mass is 16.7. The van der Waals surface area contributed by atoms with Crippen molar-refractivity contribution in [3.05, 3.63) is 24.3 Å². The van der Waals surface area contributed by atoms with E-state index < -0.39 is 110 Å². The van der Waals surface area contributed by atoms with E-state index in [1.807, 2.05) is 13.0 Å². The summed E-state index contributed by atoms with van der Waals surface area (Å²) < 4.78 is 42.1. The van der Waals surface area contributed by atoms with Crippen molar-refractivity contribution in [2.24, 2.45) is 11.8 Å². The van der Waals surface area contributed by atoms with Crippen LogP contribution in [-0.2, 0) is 47.5 Å². The lowest BCUT2D eigenvalue weighted by Gasteiger charge is -2.50. The van der Waals surface area contributed by atoms with Crippen LogP contribution in [0.15, 0.2) is 24.3 Å². The fourth-order valence-electron chi connectivity index (χ4n) is 7.48. The number of cyclic esters (lactones) is 1. The van der Waals surface area contributed by atoms with Gasteiger partial charge in [0.05, 0.1) is 43.0 Å². The minimum Gasteiger partial charge on any atom is -0.462 e. The van der Waals surface area contributed by atoms with Crippen LogP contribution in [0, 0.1) is 11.8 Å². The maximum absolute atomic E-state index is 12.9. The third kappa shape index (κ3) is 12.3. The third-order valence-corrected chi connectivity index (χ3v) is 10.3. The highest BCUT2D eigenvalue weighted by molar-refractivity contribution is 5.70. The van der Waals surface area contributed by atoms with Gasteiger partial charge in [-0.3, -0.25) is 9.59 Å². The summed E-state index contributed by atoms with van der Waals surface area (Å²) in [6.07, 6.45) is -3.93.